The third kappa shape index (κ3) is 2.60. The molecule has 1 amide bonds. The standard InChI is InChI=1S/C8H8BrN3O/c1-5(3-10)12-8(13)7-2-6(9)4-11-7/h2,4-5,11H,1H3,(H,12,13)/t5-/m0/s1. The first-order chi connectivity index (χ1) is 6.13. The number of hydrogen-bond donors (Lipinski definition) is 2. The molecule has 0 aliphatic heterocycles. The summed E-state index contributed by atoms with van der Waals surface area (Å²) in [7, 11) is 0. The molecule has 1 atom stereocenters. The Labute approximate surface area is 84.1 Å². The van der Waals surface area contributed by atoms with Crippen molar-refractivity contribution in [3.8, 4) is 6.07 Å². The van der Waals surface area contributed by atoms with Crippen LogP contribution in [0.5, 0.6) is 0 Å². The molecular weight excluding hydrogens is 234 g/mol. The normalized spacial score (nSPS) is 11.8. The van der Waals surface area contributed by atoms with Gasteiger partial charge in [0.05, 0.1) is 6.07 Å². The van der Waals surface area contributed by atoms with E-state index in [0.717, 1.165) is 4.47 Å². The van der Waals surface area contributed by atoms with Gasteiger partial charge in [0.15, 0.2) is 0 Å². The van der Waals surface area contributed by atoms with Crippen LogP contribution < -0.4 is 5.32 Å². The zero-order valence-electron chi connectivity index (χ0n) is 6.97. The van der Waals surface area contributed by atoms with Crippen molar-refractivity contribution in [1.82, 2.24) is 10.3 Å². The first-order valence-corrected chi connectivity index (χ1v) is 4.47. The van der Waals surface area contributed by atoms with E-state index in [4.69, 9.17) is 5.26 Å². The summed E-state index contributed by atoms with van der Waals surface area (Å²) in [6.45, 7) is 1.62. The summed E-state index contributed by atoms with van der Waals surface area (Å²) >= 11 is 3.21. The number of nitrogens with zero attached hydrogens (tertiary/aromatic N) is 1. The summed E-state index contributed by atoms with van der Waals surface area (Å²) < 4.78 is 0.808. The van der Waals surface area contributed by atoms with Crippen molar-refractivity contribution >= 4 is 21.8 Å². The molecule has 0 radical (unpaired) electrons. The SMILES string of the molecule is C[C@@H](C#N)NC(=O)c1cc(Br)c[nH]1. The number of amides is 1. The lowest BCUT2D eigenvalue weighted by atomic mass is 10.3. The highest BCUT2D eigenvalue weighted by Crippen LogP contribution is 2.10. The topological polar surface area (TPSA) is 68.7 Å². The lowest BCUT2D eigenvalue weighted by Gasteiger charge is -2.03. The first-order valence-electron chi connectivity index (χ1n) is 3.68. The highest BCUT2D eigenvalue weighted by atomic mass is 79.9. The van der Waals surface area contributed by atoms with E-state index < -0.39 is 6.04 Å². The van der Waals surface area contributed by atoms with Crippen molar-refractivity contribution in [1.29, 1.82) is 5.26 Å². The summed E-state index contributed by atoms with van der Waals surface area (Å²) in [5.41, 5.74) is 0.439. The van der Waals surface area contributed by atoms with E-state index in [1.54, 1.807) is 19.2 Å². The Hall–Kier alpha value is -1.28. The fourth-order valence-corrected chi connectivity index (χ4v) is 1.15. The van der Waals surface area contributed by atoms with Crippen molar-refractivity contribution in [2.45, 2.75) is 13.0 Å². The molecule has 1 aromatic rings. The van der Waals surface area contributed by atoms with Crippen LogP contribution in [0.4, 0.5) is 0 Å². The second-order valence-electron chi connectivity index (χ2n) is 2.56. The predicted molar refractivity (Wildman–Crippen MR) is 51.0 cm³/mol. The number of carbonyl (C=O) groups excluding carboxylic acids is 1. The number of rotatable bonds is 2. The smallest absolute Gasteiger partial charge is 0.268 e. The van der Waals surface area contributed by atoms with Gasteiger partial charge in [-0.05, 0) is 28.9 Å². The van der Waals surface area contributed by atoms with Crippen LogP contribution in [-0.2, 0) is 0 Å². The maximum absolute atomic E-state index is 11.3. The predicted octanol–water partition coefficient (Wildman–Crippen LogP) is 1.42. The number of hydrogen-bond acceptors (Lipinski definition) is 2. The quantitative estimate of drug-likeness (QED) is 0.823. The minimum Gasteiger partial charge on any atom is -0.356 e. The fraction of sp³-hybridized carbons (Fsp3) is 0.250. The van der Waals surface area contributed by atoms with E-state index >= 15 is 0 Å². The van der Waals surface area contributed by atoms with E-state index in [0.29, 0.717) is 5.69 Å². The molecule has 0 aromatic carbocycles. The van der Waals surface area contributed by atoms with Crippen molar-refractivity contribution in [2.75, 3.05) is 0 Å². The van der Waals surface area contributed by atoms with E-state index in [2.05, 4.69) is 26.2 Å². The molecule has 13 heavy (non-hydrogen) atoms. The van der Waals surface area contributed by atoms with Gasteiger partial charge in [-0.1, -0.05) is 0 Å². The molecule has 0 saturated heterocycles. The number of nitriles is 1. The Morgan fingerprint density at radius 1 is 1.85 bits per heavy atom. The molecule has 1 rings (SSSR count). The zero-order chi connectivity index (χ0) is 9.84. The lowest BCUT2D eigenvalue weighted by molar-refractivity contribution is 0.0943. The van der Waals surface area contributed by atoms with Crippen LogP contribution in [0.2, 0.25) is 0 Å². The van der Waals surface area contributed by atoms with Gasteiger partial charge in [-0.15, -0.1) is 0 Å². The van der Waals surface area contributed by atoms with Crippen molar-refractivity contribution in [3.63, 3.8) is 0 Å². The molecule has 0 spiro atoms. The minimum atomic E-state index is -0.477. The van der Waals surface area contributed by atoms with E-state index in [1.165, 1.54) is 0 Å². The molecule has 0 bridgehead atoms. The van der Waals surface area contributed by atoms with Gasteiger partial charge in [0.2, 0.25) is 0 Å². The van der Waals surface area contributed by atoms with E-state index in [9.17, 15) is 4.79 Å². The molecule has 0 fully saturated rings. The molecule has 68 valence electrons. The maximum Gasteiger partial charge on any atom is 0.268 e. The third-order valence-corrected chi connectivity index (χ3v) is 1.89. The van der Waals surface area contributed by atoms with Crippen LogP contribution in [0.25, 0.3) is 0 Å². The van der Waals surface area contributed by atoms with Gasteiger partial charge >= 0.3 is 0 Å². The third-order valence-electron chi connectivity index (χ3n) is 1.43. The fourth-order valence-electron chi connectivity index (χ4n) is 0.806. The Kier molecular flexibility index (Phi) is 3.09. The molecule has 1 heterocycles. The second kappa shape index (κ2) is 4.10. The highest BCUT2D eigenvalue weighted by molar-refractivity contribution is 9.10. The number of nitrogens with one attached hydrogen (secondary N) is 2. The Bertz CT molecular complexity index is 353. The largest absolute Gasteiger partial charge is 0.356 e. The number of halogens is 1. The molecule has 0 unspecified atom stereocenters. The molecule has 2 N–H and O–H groups in total. The van der Waals surface area contributed by atoms with E-state index in [1.807, 2.05) is 6.07 Å². The van der Waals surface area contributed by atoms with E-state index in [-0.39, 0.29) is 5.91 Å². The summed E-state index contributed by atoms with van der Waals surface area (Å²) in [5.74, 6) is -0.278. The van der Waals surface area contributed by atoms with Crippen LogP contribution in [0.1, 0.15) is 17.4 Å². The second-order valence-corrected chi connectivity index (χ2v) is 3.47. The number of aromatic amines is 1. The van der Waals surface area contributed by atoms with Crippen LogP contribution in [0.3, 0.4) is 0 Å². The van der Waals surface area contributed by atoms with Gasteiger partial charge in [-0.25, -0.2) is 0 Å². The lowest BCUT2D eigenvalue weighted by Crippen LogP contribution is -2.31. The average molecular weight is 242 g/mol. The van der Waals surface area contributed by atoms with Gasteiger partial charge in [0, 0.05) is 10.7 Å². The summed E-state index contributed by atoms with van der Waals surface area (Å²) in [6.07, 6.45) is 1.66. The van der Waals surface area contributed by atoms with Crippen LogP contribution in [0, 0.1) is 11.3 Å². The molecular formula is C8H8BrN3O. The number of carbonyl (C=O) groups is 1. The van der Waals surface area contributed by atoms with Gasteiger partial charge in [-0.3, -0.25) is 4.79 Å². The van der Waals surface area contributed by atoms with Crippen molar-refractivity contribution in [2.24, 2.45) is 0 Å². The van der Waals surface area contributed by atoms with Crippen LogP contribution in [-0.4, -0.2) is 16.9 Å². The zero-order valence-corrected chi connectivity index (χ0v) is 8.55. The molecule has 1 aromatic heterocycles. The van der Waals surface area contributed by atoms with Crippen LogP contribution >= 0.6 is 15.9 Å². The summed E-state index contributed by atoms with van der Waals surface area (Å²) in [5, 5.41) is 11.0. The number of aromatic nitrogens is 1. The Balaban J connectivity index is 2.65. The average Bonchev–Trinajstić information content (AvgIpc) is 2.51. The Morgan fingerprint density at radius 2 is 2.54 bits per heavy atom. The van der Waals surface area contributed by atoms with Gasteiger partial charge < -0.3 is 10.3 Å². The number of H-pyrrole nitrogens is 1. The highest BCUT2D eigenvalue weighted by Gasteiger charge is 2.09. The van der Waals surface area contributed by atoms with Gasteiger partial charge in [-0.2, -0.15) is 5.26 Å². The maximum atomic E-state index is 11.3. The molecule has 0 aliphatic rings. The molecule has 4 nitrogen and oxygen atoms in total. The molecule has 0 aliphatic carbocycles. The van der Waals surface area contributed by atoms with Gasteiger partial charge in [0.25, 0.3) is 5.91 Å². The molecule has 5 heteroatoms. The van der Waals surface area contributed by atoms with Crippen molar-refractivity contribution < 1.29 is 4.79 Å². The summed E-state index contributed by atoms with van der Waals surface area (Å²) in [6, 6.07) is 3.09. The van der Waals surface area contributed by atoms with Crippen LogP contribution in [0.15, 0.2) is 16.7 Å². The van der Waals surface area contributed by atoms with Crippen molar-refractivity contribution in [3.05, 3.63) is 22.4 Å². The van der Waals surface area contributed by atoms with Gasteiger partial charge in [0.1, 0.15) is 11.7 Å². The molecule has 0 saturated carbocycles. The Morgan fingerprint density at radius 3 is 3.00 bits per heavy atom. The summed E-state index contributed by atoms with van der Waals surface area (Å²) in [4.78, 5) is 14.1. The first kappa shape index (κ1) is 9.81. The minimum absolute atomic E-state index is 0.278. The monoisotopic (exact) mass is 241 g/mol.